The number of benzene rings is 1. The number of carbonyl (C=O) groups excluding carboxylic acids is 1. The van der Waals surface area contributed by atoms with Gasteiger partial charge < -0.3 is 0 Å². The first-order valence-electron chi connectivity index (χ1n) is 4.52. The number of aldehydes is 1. The van der Waals surface area contributed by atoms with Crippen molar-refractivity contribution in [2.75, 3.05) is 0 Å². The van der Waals surface area contributed by atoms with Crippen molar-refractivity contribution in [3.05, 3.63) is 46.6 Å². The fourth-order valence-corrected chi connectivity index (χ4v) is 2.32. The van der Waals surface area contributed by atoms with Crippen molar-refractivity contribution in [3.63, 3.8) is 0 Å². The van der Waals surface area contributed by atoms with Crippen molar-refractivity contribution in [3.8, 4) is 10.4 Å². The van der Waals surface area contributed by atoms with Crippen molar-refractivity contribution >= 4 is 17.6 Å². The molecule has 2 aromatic rings. The molecule has 0 aliphatic rings. The van der Waals surface area contributed by atoms with Gasteiger partial charge >= 0.3 is 0 Å². The molecule has 76 valence electrons. The Morgan fingerprint density at radius 2 is 2.07 bits per heavy atom. The third-order valence-corrected chi connectivity index (χ3v) is 3.25. The van der Waals surface area contributed by atoms with E-state index >= 15 is 0 Å². The van der Waals surface area contributed by atoms with E-state index in [0.29, 0.717) is 4.88 Å². The second-order valence-electron chi connectivity index (χ2n) is 3.28. The minimum atomic E-state index is -0.253. The summed E-state index contributed by atoms with van der Waals surface area (Å²) in [5, 5.41) is 0. The molecule has 0 aliphatic carbocycles. The molecule has 1 aromatic carbocycles. The van der Waals surface area contributed by atoms with Gasteiger partial charge in [0.25, 0.3) is 0 Å². The van der Waals surface area contributed by atoms with Crippen LogP contribution in [0.15, 0.2) is 30.3 Å². The van der Waals surface area contributed by atoms with Gasteiger partial charge in [0, 0.05) is 4.88 Å². The molecule has 1 heterocycles. The summed E-state index contributed by atoms with van der Waals surface area (Å²) in [5.74, 6) is -0.253. The molecular weight excluding hydrogens is 211 g/mol. The van der Waals surface area contributed by atoms with Gasteiger partial charge in [0.1, 0.15) is 5.82 Å². The molecule has 0 saturated heterocycles. The first-order valence-corrected chi connectivity index (χ1v) is 5.34. The van der Waals surface area contributed by atoms with Gasteiger partial charge in [-0.05, 0) is 42.3 Å². The van der Waals surface area contributed by atoms with Crippen LogP contribution in [0.4, 0.5) is 4.39 Å². The maximum atomic E-state index is 13.1. The molecule has 0 fully saturated rings. The zero-order valence-electron chi connectivity index (χ0n) is 8.16. The van der Waals surface area contributed by atoms with Crippen LogP contribution in [0.3, 0.4) is 0 Å². The number of carbonyl (C=O) groups is 1. The molecular formula is C12H9FOS. The summed E-state index contributed by atoms with van der Waals surface area (Å²) in [6, 6.07) is 8.27. The Balaban J connectivity index is 2.52. The highest BCUT2D eigenvalue weighted by Gasteiger charge is 2.06. The number of hydrogen-bond acceptors (Lipinski definition) is 2. The lowest BCUT2D eigenvalue weighted by molar-refractivity contribution is 0.112. The monoisotopic (exact) mass is 220 g/mol. The molecule has 2 rings (SSSR count). The molecule has 0 spiro atoms. The van der Waals surface area contributed by atoms with Crippen LogP contribution >= 0.6 is 11.3 Å². The SMILES string of the molecule is Cc1ccc(F)cc1-c1ccc(C=O)s1. The average molecular weight is 220 g/mol. The molecule has 1 aromatic heterocycles. The number of aryl methyl sites for hydroxylation is 1. The quantitative estimate of drug-likeness (QED) is 0.706. The van der Waals surface area contributed by atoms with E-state index in [0.717, 1.165) is 22.3 Å². The lowest BCUT2D eigenvalue weighted by Gasteiger charge is -2.02. The van der Waals surface area contributed by atoms with Crippen molar-refractivity contribution in [1.82, 2.24) is 0 Å². The second-order valence-corrected chi connectivity index (χ2v) is 4.39. The third kappa shape index (κ3) is 1.97. The number of halogens is 1. The van der Waals surface area contributed by atoms with Crippen LogP contribution in [-0.4, -0.2) is 6.29 Å². The van der Waals surface area contributed by atoms with E-state index in [-0.39, 0.29) is 5.82 Å². The van der Waals surface area contributed by atoms with Gasteiger partial charge in [0.05, 0.1) is 4.88 Å². The maximum Gasteiger partial charge on any atom is 0.160 e. The lowest BCUT2D eigenvalue weighted by Crippen LogP contribution is -1.82. The Morgan fingerprint density at radius 1 is 1.27 bits per heavy atom. The Bertz CT molecular complexity index is 502. The van der Waals surface area contributed by atoms with Gasteiger partial charge in [-0.25, -0.2) is 4.39 Å². The van der Waals surface area contributed by atoms with Crippen LogP contribution in [0.25, 0.3) is 10.4 Å². The second kappa shape index (κ2) is 3.95. The van der Waals surface area contributed by atoms with E-state index in [1.54, 1.807) is 12.1 Å². The third-order valence-electron chi connectivity index (χ3n) is 2.21. The first kappa shape index (κ1) is 10.1. The zero-order valence-corrected chi connectivity index (χ0v) is 8.98. The van der Waals surface area contributed by atoms with E-state index < -0.39 is 0 Å². The van der Waals surface area contributed by atoms with E-state index in [4.69, 9.17) is 0 Å². The Kier molecular flexibility index (Phi) is 2.64. The summed E-state index contributed by atoms with van der Waals surface area (Å²) >= 11 is 1.37. The van der Waals surface area contributed by atoms with Crippen LogP contribution in [0.2, 0.25) is 0 Å². The predicted octanol–water partition coefficient (Wildman–Crippen LogP) is 3.68. The van der Waals surface area contributed by atoms with Crippen molar-refractivity contribution in [2.45, 2.75) is 6.92 Å². The Morgan fingerprint density at radius 3 is 2.73 bits per heavy atom. The van der Waals surface area contributed by atoms with Gasteiger partial charge in [-0.3, -0.25) is 4.79 Å². The van der Waals surface area contributed by atoms with E-state index in [1.807, 2.05) is 13.0 Å². The maximum absolute atomic E-state index is 13.1. The van der Waals surface area contributed by atoms with Gasteiger partial charge in [-0.2, -0.15) is 0 Å². The molecule has 0 aliphatic heterocycles. The smallest absolute Gasteiger partial charge is 0.160 e. The Labute approximate surface area is 91.2 Å². The largest absolute Gasteiger partial charge is 0.297 e. The molecule has 0 bridgehead atoms. The fourth-order valence-electron chi connectivity index (χ4n) is 1.42. The van der Waals surface area contributed by atoms with E-state index in [1.165, 1.54) is 23.5 Å². The summed E-state index contributed by atoms with van der Waals surface area (Å²) in [6.45, 7) is 1.93. The number of hydrogen-bond donors (Lipinski definition) is 0. The highest BCUT2D eigenvalue weighted by Crippen LogP contribution is 2.30. The highest BCUT2D eigenvalue weighted by molar-refractivity contribution is 7.17. The van der Waals surface area contributed by atoms with Crippen molar-refractivity contribution < 1.29 is 9.18 Å². The average Bonchev–Trinajstić information content (AvgIpc) is 2.70. The summed E-state index contributed by atoms with van der Waals surface area (Å²) in [7, 11) is 0. The molecule has 0 N–H and O–H groups in total. The van der Waals surface area contributed by atoms with Crippen molar-refractivity contribution in [2.24, 2.45) is 0 Å². The first-order chi connectivity index (χ1) is 7.20. The normalized spacial score (nSPS) is 10.3. The molecule has 15 heavy (non-hydrogen) atoms. The van der Waals surface area contributed by atoms with Gasteiger partial charge in [0.2, 0.25) is 0 Å². The molecule has 0 amide bonds. The molecule has 0 atom stereocenters. The van der Waals surface area contributed by atoms with Crippen LogP contribution in [0, 0.1) is 12.7 Å². The summed E-state index contributed by atoms with van der Waals surface area (Å²) in [4.78, 5) is 12.1. The van der Waals surface area contributed by atoms with E-state index in [9.17, 15) is 9.18 Å². The number of thiophene rings is 1. The summed E-state index contributed by atoms with van der Waals surface area (Å²) < 4.78 is 13.1. The molecule has 1 nitrogen and oxygen atoms in total. The standard InChI is InChI=1S/C12H9FOS/c1-8-2-3-9(13)6-11(8)12-5-4-10(7-14)15-12/h2-7H,1H3. The Hall–Kier alpha value is -1.48. The topological polar surface area (TPSA) is 17.1 Å². The highest BCUT2D eigenvalue weighted by atomic mass is 32.1. The fraction of sp³-hybridized carbons (Fsp3) is 0.0833. The molecule has 0 saturated carbocycles. The molecule has 0 radical (unpaired) electrons. The van der Waals surface area contributed by atoms with Crippen LogP contribution in [-0.2, 0) is 0 Å². The summed E-state index contributed by atoms with van der Waals surface area (Å²) in [5.41, 5.74) is 1.86. The molecule has 0 unspecified atom stereocenters. The van der Waals surface area contributed by atoms with Gasteiger partial charge in [-0.1, -0.05) is 6.07 Å². The van der Waals surface area contributed by atoms with Gasteiger partial charge in [-0.15, -0.1) is 11.3 Å². The zero-order chi connectivity index (χ0) is 10.8. The van der Waals surface area contributed by atoms with Crippen LogP contribution < -0.4 is 0 Å². The minimum absolute atomic E-state index is 0.253. The minimum Gasteiger partial charge on any atom is -0.297 e. The van der Waals surface area contributed by atoms with Crippen molar-refractivity contribution in [1.29, 1.82) is 0 Å². The lowest BCUT2D eigenvalue weighted by atomic mass is 10.1. The van der Waals surface area contributed by atoms with Crippen LogP contribution in [0.5, 0.6) is 0 Å². The number of rotatable bonds is 2. The van der Waals surface area contributed by atoms with Crippen LogP contribution in [0.1, 0.15) is 15.2 Å². The molecule has 3 heteroatoms. The van der Waals surface area contributed by atoms with Gasteiger partial charge in [0.15, 0.2) is 6.29 Å². The predicted molar refractivity (Wildman–Crippen MR) is 59.8 cm³/mol. The van der Waals surface area contributed by atoms with E-state index in [2.05, 4.69) is 0 Å². The summed E-state index contributed by atoms with van der Waals surface area (Å²) in [6.07, 6.45) is 0.808.